The number of carbonyl (C=O) groups excluding carboxylic acids is 2. The minimum atomic E-state index is -0.742. The van der Waals surface area contributed by atoms with E-state index in [-0.39, 0.29) is 29.9 Å². The predicted octanol–water partition coefficient (Wildman–Crippen LogP) is 3.18. The predicted molar refractivity (Wildman–Crippen MR) is 125 cm³/mol. The molecule has 0 aliphatic carbocycles. The monoisotopic (exact) mass is 447 g/mol. The third-order valence-corrected chi connectivity index (χ3v) is 6.26. The van der Waals surface area contributed by atoms with E-state index < -0.39 is 5.41 Å². The zero-order chi connectivity index (χ0) is 23.6. The lowest BCUT2D eigenvalue weighted by Gasteiger charge is -2.43. The van der Waals surface area contributed by atoms with Crippen LogP contribution in [0.3, 0.4) is 0 Å². The SMILES string of the molecule is Cc1cccc(-c2cccc(C[C@@]3(C(=O)N(C)C)CCCN(C(=O)c4nonc4N)C3)c2)c1. The molecule has 2 N–H and O–H groups in total. The van der Waals surface area contributed by atoms with Crippen LogP contribution < -0.4 is 5.73 Å². The summed E-state index contributed by atoms with van der Waals surface area (Å²) in [7, 11) is 3.51. The number of nitrogens with two attached hydrogens (primary N) is 1. The number of nitrogen functional groups attached to an aromatic ring is 1. The van der Waals surface area contributed by atoms with Crippen LogP contribution in [0.5, 0.6) is 0 Å². The average Bonchev–Trinajstić information content (AvgIpc) is 3.24. The molecule has 1 aromatic heterocycles. The van der Waals surface area contributed by atoms with Gasteiger partial charge < -0.3 is 15.5 Å². The molecule has 172 valence electrons. The normalized spacial score (nSPS) is 18.2. The molecular formula is C25H29N5O3. The second-order valence-corrected chi connectivity index (χ2v) is 9.05. The van der Waals surface area contributed by atoms with Gasteiger partial charge in [0.25, 0.3) is 5.91 Å². The number of aryl methyl sites for hydroxylation is 1. The quantitative estimate of drug-likeness (QED) is 0.644. The lowest BCUT2D eigenvalue weighted by Crippen LogP contribution is -2.54. The van der Waals surface area contributed by atoms with Gasteiger partial charge in [0, 0.05) is 27.2 Å². The summed E-state index contributed by atoms with van der Waals surface area (Å²) < 4.78 is 4.61. The standard InChI is InChI=1S/C25H29N5O3/c1-17-7-4-9-19(13-17)20-10-5-8-18(14-20)15-25(24(32)29(2)3)11-6-12-30(16-25)23(31)21-22(26)28-33-27-21/h4-5,7-10,13-14H,6,11-12,15-16H2,1-3H3,(H2,26,28)/t25-/m0/s1. The maximum atomic E-state index is 13.5. The Morgan fingerprint density at radius 3 is 2.52 bits per heavy atom. The molecule has 0 saturated carbocycles. The summed E-state index contributed by atoms with van der Waals surface area (Å²) in [4.78, 5) is 29.8. The lowest BCUT2D eigenvalue weighted by atomic mass is 9.73. The highest BCUT2D eigenvalue weighted by atomic mass is 16.6. The Kier molecular flexibility index (Phi) is 6.18. The first kappa shape index (κ1) is 22.5. The molecule has 0 unspecified atom stereocenters. The van der Waals surface area contributed by atoms with Crippen molar-refractivity contribution in [2.45, 2.75) is 26.2 Å². The number of benzene rings is 2. The second kappa shape index (κ2) is 9.05. The fourth-order valence-electron chi connectivity index (χ4n) is 4.74. The molecule has 2 aromatic carbocycles. The van der Waals surface area contributed by atoms with E-state index in [1.165, 1.54) is 5.56 Å². The van der Waals surface area contributed by atoms with Crippen LogP contribution >= 0.6 is 0 Å². The second-order valence-electron chi connectivity index (χ2n) is 9.05. The zero-order valence-corrected chi connectivity index (χ0v) is 19.2. The first-order chi connectivity index (χ1) is 15.8. The Balaban J connectivity index is 1.65. The molecule has 8 nitrogen and oxygen atoms in total. The third kappa shape index (κ3) is 4.60. The maximum Gasteiger partial charge on any atom is 0.280 e. The summed E-state index contributed by atoms with van der Waals surface area (Å²) in [6.07, 6.45) is 1.92. The van der Waals surface area contributed by atoms with E-state index in [1.54, 1.807) is 23.9 Å². The molecule has 1 aliphatic rings. The van der Waals surface area contributed by atoms with Crippen LogP contribution in [-0.2, 0) is 11.2 Å². The van der Waals surface area contributed by atoms with Crippen molar-refractivity contribution in [1.29, 1.82) is 0 Å². The summed E-state index contributed by atoms with van der Waals surface area (Å²) in [5, 5.41) is 7.17. The number of hydrogen-bond acceptors (Lipinski definition) is 6. The first-order valence-electron chi connectivity index (χ1n) is 11.0. The number of anilines is 1. The number of aromatic nitrogens is 2. The van der Waals surface area contributed by atoms with E-state index in [9.17, 15) is 9.59 Å². The van der Waals surface area contributed by atoms with Crippen LogP contribution in [0.25, 0.3) is 11.1 Å². The number of piperidine rings is 1. The Bertz CT molecular complexity index is 1170. The summed E-state index contributed by atoms with van der Waals surface area (Å²) in [6, 6.07) is 16.6. The van der Waals surface area contributed by atoms with Crippen molar-refractivity contribution in [3.63, 3.8) is 0 Å². The van der Waals surface area contributed by atoms with Gasteiger partial charge in [-0.3, -0.25) is 9.59 Å². The fourth-order valence-corrected chi connectivity index (χ4v) is 4.74. The third-order valence-electron chi connectivity index (χ3n) is 6.26. The van der Waals surface area contributed by atoms with Gasteiger partial charge in [-0.1, -0.05) is 54.1 Å². The summed E-state index contributed by atoms with van der Waals surface area (Å²) in [5.41, 5.74) is 9.48. The van der Waals surface area contributed by atoms with Crippen LogP contribution in [0.15, 0.2) is 53.2 Å². The van der Waals surface area contributed by atoms with Crippen molar-refractivity contribution < 1.29 is 14.2 Å². The maximum absolute atomic E-state index is 13.5. The van der Waals surface area contributed by atoms with Gasteiger partial charge in [-0.05, 0) is 53.2 Å². The van der Waals surface area contributed by atoms with Crippen molar-refractivity contribution in [1.82, 2.24) is 20.1 Å². The number of hydrogen-bond donors (Lipinski definition) is 1. The van der Waals surface area contributed by atoms with Gasteiger partial charge >= 0.3 is 0 Å². The Labute approximate surface area is 193 Å². The van der Waals surface area contributed by atoms with Gasteiger partial charge in [0.05, 0.1) is 5.41 Å². The summed E-state index contributed by atoms with van der Waals surface area (Å²) in [5.74, 6) is -0.397. The molecule has 0 bridgehead atoms. The molecule has 33 heavy (non-hydrogen) atoms. The topological polar surface area (TPSA) is 106 Å². The van der Waals surface area contributed by atoms with Gasteiger partial charge in [-0.25, -0.2) is 4.63 Å². The van der Waals surface area contributed by atoms with Crippen LogP contribution in [0.1, 0.15) is 34.5 Å². The van der Waals surface area contributed by atoms with Crippen LogP contribution in [0.2, 0.25) is 0 Å². The van der Waals surface area contributed by atoms with E-state index in [1.807, 2.05) is 18.2 Å². The number of carbonyl (C=O) groups is 2. The minimum absolute atomic E-state index is 0.00667. The van der Waals surface area contributed by atoms with Gasteiger partial charge in [0.15, 0.2) is 0 Å². The average molecular weight is 448 g/mol. The van der Waals surface area contributed by atoms with E-state index in [0.29, 0.717) is 25.8 Å². The van der Waals surface area contributed by atoms with Crippen molar-refractivity contribution in [2.24, 2.45) is 5.41 Å². The molecule has 1 atom stereocenters. The molecule has 1 fully saturated rings. The van der Waals surface area contributed by atoms with Gasteiger partial charge in [0.1, 0.15) is 0 Å². The van der Waals surface area contributed by atoms with E-state index >= 15 is 0 Å². The Morgan fingerprint density at radius 1 is 1.12 bits per heavy atom. The summed E-state index contributed by atoms with van der Waals surface area (Å²) in [6.45, 7) is 2.88. The molecule has 3 aromatic rings. The molecule has 0 spiro atoms. The molecule has 1 aliphatic heterocycles. The van der Waals surface area contributed by atoms with E-state index in [0.717, 1.165) is 16.7 Å². The Hall–Kier alpha value is -3.68. The van der Waals surface area contributed by atoms with Crippen molar-refractivity contribution >= 4 is 17.6 Å². The minimum Gasteiger partial charge on any atom is -0.379 e. The lowest BCUT2D eigenvalue weighted by molar-refractivity contribution is -0.142. The Morgan fingerprint density at radius 2 is 1.85 bits per heavy atom. The number of amides is 2. The highest BCUT2D eigenvalue weighted by Crippen LogP contribution is 2.37. The van der Waals surface area contributed by atoms with Crippen LogP contribution in [-0.4, -0.2) is 59.1 Å². The van der Waals surface area contributed by atoms with Gasteiger partial charge in [0.2, 0.25) is 17.4 Å². The molecular weight excluding hydrogens is 418 g/mol. The molecule has 1 saturated heterocycles. The highest BCUT2D eigenvalue weighted by molar-refractivity contribution is 5.96. The summed E-state index contributed by atoms with van der Waals surface area (Å²) >= 11 is 0. The number of nitrogens with zero attached hydrogens (tertiary/aromatic N) is 4. The fraction of sp³-hybridized carbons (Fsp3) is 0.360. The van der Waals surface area contributed by atoms with Crippen molar-refractivity contribution in [3.8, 4) is 11.1 Å². The highest BCUT2D eigenvalue weighted by Gasteiger charge is 2.45. The smallest absolute Gasteiger partial charge is 0.280 e. The van der Waals surface area contributed by atoms with E-state index in [4.69, 9.17) is 5.73 Å². The van der Waals surface area contributed by atoms with Crippen molar-refractivity contribution in [2.75, 3.05) is 32.9 Å². The van der Waals surface area contributed by atoms with Gasteiger partial charge in [-0.2, -0.15) is 0 Å². The van der Waals surface area contributed by atoms with Crippen molar-refractivity contribution in [3.05, 3.63) is 65.4 Å². The number of likely N-dealkylation sites (tertiary alicyclic amines) is 1. The largest absolute Gasteiger partial charge is 0.379 e. The molecule has 2 amide bonds. The molecule has 0 radical (unpaired) electrons. The first-order valence-corrected chi connectivity index (χ1v) is 11.0. The van der Waals surface area contributed by atoms with Gasteiger partial charge in [-0.15, -0.1) is 0 Å². The number of rotatable bonds is 5. The molecule has 8 heteroatoms. The molecule has 4 rings (SSSR count). The van der Waals surface area contributed by atoms with Crippen LogP contribution in [0.4, 0.5) is 5.82 Å². The van der Waals surface area contributed by atoms with E-state index in [2.05, 4.69) is 52.2 Å². The molecule has 2 heterocycles. The zero-order valence-electron chi connectivity index (χ0n) is 19.2. The van der Waals surface area contributed by atoms with Crippen LogP contribution in [0, 0.1) is 12.3 Å².